The number of pyridine rings is 1. The fourth-order valence-electron chi connectivity index (χ4n) is 2.97. The number of hydrogen-bond acceptors (Lipinski definition) is 7. The Kier molecular flexibility index (Phi) is 6.86. The van der Waals surface area contributed by atoms with Crippen molar-refractivity contribution in [3.63, 3.8) is 0 Å². The van der Waals surface area contributed by atoms with E-state index in [1.54, 1.807) is 38.1 Å². The molecule has 0 aliphatic carbocycles. The summed E-state index contributed by atoms with van der Waals surface area (Å²) < 4.78 is 25.6. The molecule has 0 radical (unpaired) electrons. The number of nitrogens with two attached hydrogens (primary N) is 1. The number of nitrogen functional groups attached to an aromatic ring is 1. The number of aryl methyl sites for hydroxylation is 2. The van der Waals surface area contributed by atoms with Crippen molar-refractivity contribution in [2.45, 2.75) is 13.8 Å². The number of carbonyl (C=O) groups excluding carboxylic acids is 1. The molecule has 3 aromatic rings. The summed E-state index contributed by atoms with van der Waals surface area (Å²) in [5.41, 5.74) is 9.64. The number of aromatic nitrogens is 3. The molecule has 33 heavy (non-hydrogen) atoms. The Balaban J connectivity index is 2.09. The number of hydrogen-bond donors (Lipinski definition) is 3. The van der Waals surface area contributed by atoms with Crippen LogP contribution in [0.5, 0.6) is 0 Å². The maximum atomic E-state index is 11.9. The van der Waals surface area contributed by atoms with Crippen LogP contribution in [0.1, 0.15) is 32.9 Å². The SMILES string of the molecule is CNC(=O)c1ccc(-c2nc(N)nc(C)c2C#Cc2cnc(C)c(NS(C)(=O)=O)c2)cc1Cl. The van der Waals surface area contributed by atoms with Crippen molar-refractivity contribution in [3.05, 3.63) is 63.6 Å². The second-order valence-electron chi connectivity index (χ2n) is 7.15. The van der Waals surface area contributed by atoms with Crippen LogP contribution in [-0.4, -0.2) is 42.6 Å². The first-order valence-electron chi connectivity index (χ1n) is 9.61. The molecule has 0 fully saturated rings. The van der Waals surface area contributed by atoms with Gasteiger partial charge in [0.15, 0.2) is 0 Å². The second-order valence-corrected chi connectivity index (χ2v) is 9.30. The van der Waals surface area contributed by atoms with Crippen LogP contribution in [-0.2, 0) is 10.0 Å². The van der Waals surface area contributed by atoms with Gasteiger partial charge < -0.3 is 11.1 Å². The fraction of sp³-hybridized carbons (Fsp3) is 0.182. The van der Waals surface area contributed by atoms with Crippen molar-refractivity contribution >= 4 is 39.2 Å². The molecule has 2 aromatic heterocycles. The van der Waals surface area contributed by atoms with Crippen LogP contribution in [0.2, 0.25) is 5.02 Å². The molecule has 0 bridgehead atoms. The molecular weight excluding hydrogens is 464 g/mol. The Morgan fingerprint density at radius 3 is 2.48 bits per heavy atom. The average molecular weight is 485 g/mol. The molecule has 0 aliphatic rings. The predicted octanol–water partition coefficient (Wildman–Crippen LogP) is 2.52. The van der Waals surface area contributed by atoms with Gasteiger partial charge in [0.25, 0.3) is 5.91 Å². The smallest absolute Gasteiger partial charge is 0.252 e. The highest BCUT2D eigenvalue weighted by molar-refractivity contribution is 7.92. The van der Waals surface area contributed by atoms with Crippen LogP contribution in [0.4, 0.5) is 11.6 Å². The number of nitrogens with zero attached hydrogens (tertiary/aromatic N) is 3. The van der Waals surface area contributed by atoms with Gasteiger partial charge in [-0.3, -0.25) is 14.5 Å². The first kappa shape index (κ1) is 24.0. The van der Waals surface area contributed by atoms with Gasteiger partial charge in [-0.05, 0) is 32.0 Å². The Morgan fingerprint density at radius 1 is 1.12 bits per heavy atom. The van der Waals surface area contributed by atoms with Crippen molar-refractivity contribution < 1.29 is 13.2 Å². The molecule has 170 valence electrons. The van der Waals surface area contributed by atoms with Gasteiger partial charge in [-0.25, -0.2) is 18.4 Å². The van der Waals surface area contributed by atoms with Gasteiger partial charge in [0.2, 0.25) is 16.0 Å². The van der Waals surface area contributed by atoms with Gasteiger partial charge in [-0.2, -0.15) is 0 Å². The molecule has 1 aromatic carbocycles. The number of benzene rings is 1. The van der Waals surface area contributed by atoms with Crippen molar-refractivity contribution in [1.82, 2.24) is 20.3 Å². The topological polar surface area (TPSA) is 140 Å². The summed E-state index contributed by atoms with van der Waals surface area (Å²) in [6.07, 6.45) is 2.60. The molecule has 3 rings (SSSR count). The maximum Gasteiger partial charge on any atom is 0.252 e. The summed E-state index contributed by atoms with van der Waals surface area (Å²) in [6, 6.07) is 6.50. The number of nitrogens with one attached hydrogen (secondary N) is 2. The van der Waals surface area contributed by atoms with Crippen molar-refractivity contribution in [1.29, 1.82) is 0 Å². The van der Waals surface area contributed by atoms with E-state index in [4.69, 9.17) is 17.3 Å². The maximum absolute atomic E-state index is 11.9. The average Bonchev–Trinajstić information content (AvgIpc) is 2.73. The molecular formula is C22H21ClN6O3S. The van der Waals surface area contributed by atoms with Gasteiger partial charge in [0.05, 0.1) is 45.2 Å². The number of sulfonamides is 1. The first-order chi connectivity index (χ1) is 15.5. The Hall–Kier alpha value is -3.68. The van der Waals surface area contributed by atoms with E-state index in [1.165, 1.54) is 13.2 Å². The zero-order valence-electron chi connectivity index (χ0n) is 18.3. The van der Waals surface area contributed by atoms with Crippen molar-refractivity contribution in [2.24, 2.45) is 0 Å². The number of halogens is 1. The minimum Gasteiger partial charge on any atom is -0.368 e. The molecule has 0 spiro atoms. The Labute approximate surface area is 196 Å². The lowest BCUT2D eigenvalue weighted by molar-refractivity contribution is 0.0963. The second kappa shape index (κ2) is 9.44. The summed E-state index contributed by atoms with van der Waals surface area (Å²) in [7, 11) is -1.95. The Morgan fingerprint density at radius 2 is 1.85 bits per heavy atom. The highest BCUT2D eigenvalue weighted by Crippen LogP contribution is 2.28. The zero-order valence-corrected chi connectivity index (χ0v) is 19.9. The fourth-order valence-corrected chi connectivity index (χ4v) is 3.85. The van der Waals surface area contributed by atoms with E-state index in [9.17, 15) is 13.2 Å². The third-order valence-electron chi connectivity index (χ3n) is 4.54. The van der Waals surface area contributed by atoms with Crippen molar-refractivity contribution in [3.8, 4) is 23.1 Å². The van der Waals surface area contributed by atoms with Gasteiger partial charge in [-0.15, -0.1) is 0 Å². The normalized spacial score (nSPS) is 10.8. The van der Waals surface area contributed by atoms with E-state index in [0.717, 1.165) is 6.26 Å². The summed E-state index contributed by atoms with van der Waals surface area (Å²) in [6.45, 7) is 3.43. The summed E-state index contributed by atoms with van der Waals surface area (Å²) in [5.74, 6) is 5.76. The lowest BCUT2D eigenvalue weighted by Gasteiger charge is -2.10. The van der Waals surface area contributed by atoms with Crippen LogP contribution in [0.3, 0.4) is 0 Å². The van der Waals surface area contributed by atoms with Crippen molar-refractivity contribution in [2.75, 3.05) is 23.8 Å². The standard InChI is InChI=1S/C22H21ClN6O3S/c1-12-16(7-5-14-9-19(13(2)26-11-14)29-33(4,31)32)20(28-22(24)27-12)15-6-8-17(18(23)10-15)21(30)25-3/h6,8-11,29H,1-4H3,(H,25,30)(H2,24,27,28). The van der Waals surface area contributed by atoms with Crippen LogP contribution in [0.25, 0.3) is 11.3 Å². The molecule has 0 atom stereocenters. The lowest BCUT2D eigenvalue weighted by Crippen LogP contribution is -2.18. The van der Waals surface area contributed by atoms with Gasteiger partial charge in [-0.1, -0.05) is 29.5 Å². The van der Waals surface area contributed by atoms with Crippen LogP contribution >= 0.6 is 11.6 Å². The summed E-state index contributed by atoms with van der Waals surface area (Å²) >= 11 is 6.31. The molecule has 4 N–H and O–H groups in total. The quantitative estimate of drug-likeness (QED) is 0.483. The van der Waals surface area contributed by atoms with E-state index < -0.39 is 10.0 Å². The zero-order chi connectivity index (χ0) is 24.3. The summed E-state index contributed by atoms with van der Waals surface area (Å²) in [5, 5.41) is 2.78. The van der Waals surface area contributed by atoms with Crippen LogP contribution in [0, 0.1) is 25.7 Å². The molecule has 0 unspecified atom stereocenters. The summed E-state index contributed by atoms with van der Waals surface area (Å²) in [4.78, 5) is 24.7. The van der Waals surface area contributed by atoms with Gasteiger partial charge in [0, 0.05) is 24.4 Å². The van der Waals surface area contributed by atoms with Gasteiger partial charge in [0.1, 0.15) is 0 Å². The van der Waals surface area contributed by atoms with E-state index >= 15 is 0 Å². The molecule has 2 heterocycles. The number of carbonyl (C=O) groups is 1. The van der Waals surface area contributed by atoms with E-state index in [2.05, 4.69) is 36.8 Å². The monoisotopic (exact) mass is 484 g/mol. The lowest BCUT2D eigenvalue weighted by atomic mass is 10.0. The number of amides is 1. The predicted molar refractivity (Wildman–Crippen MR) is 128 cm³/mol. The highest BCUT2D eigenvalue weighted by atomic mass is 35.5. The molecule has 11 heteroatoms. The third-order valence-corrected chi connectivity index (χ3v) is 5.44. The molecule has 0 saturated heterocycles. The largest absolute Gasteiger partial charge is 0.368 e. The minimum absolute atomic E-state index is 0.0659. The van der Waals surface area contributed by atoms with Crippen LogP contribution < -0.4 is 15.8 Å². The molecule has 9 nitrogen and oxygen atoms in total. The van der Waals surface area contributed by atoms with E-state index in [1.807, 2.05) is 0 Å². The van der Waals surface area contributed by atoms with Gasteiger partial charge >= 0.3 is 0 Å². The van der Waals surface area contributed by atoms with E-state index in [-0.39, 0.29) is 16.9 Å². The minimum atomic E-state index is -3.47. The van der Waals surface area contributed by atoms with Crippen LogP contribution in [0.15, 0.2) is 30.5 Å². The molecule has 0 saturated carbocycles. The highest BCUT2D eigenvalue weighted by Gasteiger charge is 2.15. The van der Waals surface area contributed by atoms with E-state index in [0.29, 0.717) is 45.0 Å². The molecule has 0 aliphatic heterocycles. The molecule has 1 amide bonds. The number of anilines is 2. The number of rotatable bonds is 4. The third kappa shape index (κ3) is 5.77. The first-order valence-corrected chi connectivity index (χ1v) is 11.9. The Bertz CT molecular complexity index is 1430.